The van der Waals surface area contributed by atoms with Gasteiger partial charge >= 0.3 is 0 Å². The number of methoxy groups -OCH3 is 1. The fraction of sp³-hybridized carbons (Fsp3) is 0.471. The number of aryl methyl sites for hydroxylation is 2. The highest BCUT2D eigenvalue weighted by atomic mass is 16.5. The van der Waals surface area contributed by atoms with Gasteiger partial charge in [-0.1, -0.05) is 0 Å². The molecular formula is C17H24N2O2. The summed E-state index contributed by atoms with van der Waals surface area (Å²) in [5, 5.41) is 3.30. The van der Waals surface area contributed by atoms with Crippen LogP contribution in [0.25, 0.3) is 6.08 Å². The van der Waals surface area contributed by atoms with Crippen LogP contribution in [0.5, 0.6) is 5.75 Å². The first-order chi connectivity index (χ1) is 10.1. The van der Waals surface area contributed by atoms with Crippen LogP contribution in [0, 0.1) is 13.8 Å². The highest BCUT2D eigenvalue weighted by Gasteiger charge is 2.12. The van der Waals surface area contributed by atoms with E-state index < -0.39 is 0 Å². The first-order valence-corrected chi connectivity index (χ1v) is 7.45. The summed E-state index contributed by atoms with van der Waals surface area (Å²) in [5.41, 5.74) is 3.33. The maximum Gasteiger partial charge on any atom is 0.246 e. The molecule has 114 valence electrons. The van der Waals surface area contributed by atoms with Crippen LogP contribution in [0.4, 0.5) is 0 Å². The number of amides is 1. The normalized spacial score (nSPS) is 16.0. The number of nitrogens with one attached hydrogen (secondary N) is 1. The lowest BCUT2D eigenvalue weighted by Crippen LogP contribution is -2.32. The Hall–Kier alpha value is -1.81. The van der Waals surface area contributed by atoms with Crippen molar-refractivity contribution in [1.29, 1.82) is 0 Å². The Labute approximate surface area is 126 Å². The van der Waals surface area contributed by atoms with Crippen LogP contribution in [-0.2, 0) is 4.79 Å². The summed E-state index contributed by atoms with van der Waals surface area (Å²) in [6.07, 6.45) is 4.62. The van der Waals surface area contributed by atoms with Gasteiger partial charge in [-0.05, 0) is 61.7 Å². The average molecular weight is 288 g/mol. The molecule has 1 saturated heterocycles. The van der Waals surface area contributed by atoms with Crippen molar-refractivity contribution in [2.75, 3.05) is 33.3 Å². The van der Waals surface area contributed by atoms with Crippen molar-refractivity contribution in [3.05, 3.63) is 34.9 Å². The first kappa shape index (κ1) is 15.6. The maximum absolute atomic E-state index is 12.3. The molecule has 1 fully saturated rings. The fourth-order valence-corrected chi connectivity index (χ4v) is 2.64. The van der Waals surface area contributed by atoms with Gasteiger partial charge in [0.25, 0.3) is 0 Å². The summed E-state index contributed by atoms with van der Waals surface area (Å²) < 4.78 is 5.26. The molecule has 0 spiro atoms. The molecule has 0 atom stereocenters. The number of benzene rings is 1. The molecule has 0 unspecified atom stereocenters. The minimum absolute atomic E-state index is 0.0910. The third-order valence-corrected chi connectivity index (χ3v) is 3.85. The molecule has 0 saturated carbocycles. The van der Waals surface area contributed by atoms with Gasteiger partial charge in [0.1, 0.15) is 5.75 Å². The summed E-state index contributed by atoms with van der Waals surface area (Å²) >= 11 is 0. The fourth-order valence-electron chi connectivity index (χ4n) is 2.64. The minimum atomic E-state index is 0.0910. The van der Waals surface area contributed by atoms with E-state index in [1.165, 1.54) is 0 Å². The SMILES string of the molecule is COc1cc(C)c(/C=C/C(=O)N2CCCNCC2)c(C)c1. The molecule has 0 bridgehead atoms. The van der Waals surface area contributed by atoms with Crippen molar-refractivity contribution >= 4 is 12.0 Å². The molecule has 1 heterocycles. The molecule has 4 heteroatoms. The van der Waals surface area contributed by atoms with Gasteiger partial charge < -0.3 is 15.0 Å². The van der Waals surface area contributed by atoms with Crippen LogP contribution >= 0.6 is 0 Å². The number of rotatable bonds is 3. The van der Waals surface area contributed by atoms with Crippen molar-refractivity contribution in [3.8, 4) is 5.75 Å². The molecule has 1 aliphatic heterocycles. The van der Waals surface area contributed by atoms with Gasteiger partial charge in [-0.3, -0.25) is 4.79 Å². The van der Waals surface area contributed by atoms with E-state index in [0.29, 0.717) is 0 Å². The van der Waals surface area contributed by atoms with E-state index in [4.69, 9.17) is 4.74 Å². The van der Waals surface area contributed by atoms with Gasteiger partial charge in [-0.15, -0.1) is 0 Å². The highest BCUT2D eigenvalue weighted by molar-refractivity contribution is 5.92. The lowest BCUT2D eigenvalue weighted by atomic mass is 10.0. The Morgan fingerprint density at radius 3 is 2.62 bits per heavy atom. The summed E-state index contributed by atoms with van der Waals surface area (Å²) in [6, 6.07) is 3.99. The van der Waals surface area contributed by atoms with E-state index in [0.717, 1.165) is 55.0 Å². The van der Waals surface area contributed by atoms with E-state index in [1.807, 2.05) is 37.0 Å². The number of carbonyl (C=O) groups is 1. The second-order valence-corrected chi connectivity index (χ2v) is 5.44. The summed E-state index contributed by atoms with van der Waals surface area (Å²) in [7, 11) is 1.67. The average Bonchev–Trinajstić information content (AvgIpc) is 2.75. The van der Waals surface area contributed by atoms with Gasteiger partial charge in [0, 0.05) is 25.7 Å². The smallest absolute Gasteiger partial charge is 0.246 e. The Morgan fingerprint density at radius 2 is 1.95 bits per heavy atom. The van der Waals surface area contributed by atoms with Crippen molar-refractivity contribution < 1.29 is 9.53 Å². The highest BCUT2D eigenvalue weighted by Crippen LogP contribution is 2.22. The van der Waals surface area contributed by atoms with Gasteiger partial charge in [-0.25, -0.2) is 0 Å². The molecule has 1 aromatic rings. The van der Waals surface area contributed by atoms with Crippen molar-refractivity contribution in [2.24, 2.45) is 0 Å². The molecule has 0 radical (unpaired) electrons. The first-order valence-electron chi connectivity index (χ1n) is 7.45. The Morgan fingerprint density at radius 1 is 1.24 bits per heavy atom. The van der Waals surface area contributed by atoms with Crippen LogP contribution in [0.2, 0.25) is 0 Å². The monoisotopic (exact) mass is 288 g/mol. The molecule has 1 N–H and O–H groups in total. The zero-order chi connectivity index (χ0) is 15.2. The lowest BCUT2D eigenvalue weighted by molar-refractivity contribution is -0.125. The molecule has 21 heavy (non-hydrogen) atoms. The van der Waals surface area contributed by atoms with E-state index in [1.54, 1.807) is 13.2 Å². The predicted octanol–water partition coefficient (Wildman–Crippen LogP) is 2.15. The van der Waals surface area contributed by atoms with Crippen LogP contribution in [0.15, 0.2) is 18.2 Å². The lowest BCUT2D eigenvalue weighted by Gasteiger charge is -2.17. The zero-order valence-electron chi connectivity index (χ0n) is 13.1. The van der Waals surface area contributed by atoms with Crippen LogP contribution in [0.1, 0.15) is 23.1 Å². The van der Waals surface area contributed by atoms with Crippen LogP contribution in [0.3, 0.4) is 0 Å². The van der Waals surface area contributed by atoms with Crippen molar-refractivity contribution in [3.63, 3.8) is 0 Å². The maximum atomic E-state index is 12.3. The summed E-state index contributed by atoms with van der Waals surface area (Å²) in [6.45, 7) is 7.55. The summed E-state index contributed by atoms with van der Waals surface area (Å²) in [4.78, 5) is 14.2. The number of hydrogen-bond donors (Lipinski definition) is 1. The van der Waals surface area contributed by atoms with Crippen molar-refractivity contribution in [1.82, 2.24) is 10.2 Å². The number of hydrogen-bond acceptors (Lipinski definition) is 3. The van der Waals surface area contributed by atoms with Gasteiger partial charge in [0.2, 0.25) is 5.91 Å². The Balaban J connectivity index is 2.11. The molecule has 1 amide bonds. The molecule has 0 aliphatic carbocycles. The molecular weight excluding hydrogens is 264 g/mol. The number of nitrogens with zero attached hydrogens (tertiary/aromatic N) is 1. The third kappa shape index (κ3) is 4.08. The van der Waals surface area contributed by atoms with Gasteiger partial charge in [-0.2, -0.15) is 0 Å². The van der Waals surface area contributed by atoms with E-state index in [2.05, 4.69) is 5.32 Å². The van der Waals surface area contributed by atoms with E-state index in [-0.39, 0.29) is 5.91 Å². The van der Waals surface area contributed by atoms with Crippen LogP contribution in [-0.4, -0.2) is 44.1 Å². The second kappa shape index (κ2) is 7.27. The molecule has 1 aromatic carbocycles. The topological polar surface area (TPSA) is 41.6 Å². The van der Waals surface area contributed by atoms with Gasteiger partial charge in [0.15, 0.2) is 0 Å². The van der Waals surface area contributed by atoms with Crippen LogP contribution < -0.4 is 10.1 Å². The Bertz CT molecular complexity index is 507. The molecule has 4 nitrogen and oxygen atoms in total. The zero-order valence-corrected chi connectivity index (χ0v) is 13.1. The van der Waals surface area contributed by atoms with Crippen molar-refractivity contribution in [2.45, 2.75) is 20.3 Å². The van der Waals surface area contributed by atoms with Gasteiger partial charge in [0.05, 0.1) is 7.11 Å². The molecule has 0 aromatic heterocycles. The predicted molar refractivity (Wildman–Crippen MR) is 85.6 cm³/mol. The molecule has 1 aliphatic rings. The largest absolute Gasteiger partial charge is 0.497 e. The number of carbonyl (C=O) groups excluding carboxylic acids is 1. The molecule has 2 rings (SSSR count). The van der Waals surface area contributed by atoms with E-state index >= 15 is 0 Å². The third-order valence-electron chi connectivity index (χ3n) is 3.85. The minimum Gasteiger partial charge on any atom is -0.497 e. The van der Waals surface area contributed by atoms with E-state index in [9.17, 15) is 4.79 Å². The quantitative estimate of drug-likeness (QED) is 0.867. The standard InChI is InChI=1S/C17H24N2O2/c1-13-11-15(21-3)12-14(2)16(13)5-6-17(20)19-9-4-7-18-8-10-19/h5-6,11-12,18H,4,7-10H2,1-3H3/b6-5+. The number of ether oxygens (including phenoxy) is 1. The second-order valence-electron chi connectivity index (χ2n) is 5.44. The summed E-state index contributed by atoms with van der Waals surface area (Å²) in [5.74, 6) is 0.945. The Kier molecular flexibility index (Phi) is 5.39.